The van der Waals surface area contributed by atoms with Crippen molar-refractivity contribution in [1.82, 2.24) is 0 Å². The first-order chi connectivity index (χ1) is 9.90. The Hall–Kier alpha value is -1.31. The van der Waals surface area contributed by atoms with Crippen LogP contribution in [0.4, 0.5) is 0 Å². The zero-order chi connectivity index (χ0) is 15.6. The first-order valence-corrected chi connectivity index (χ1v) is 7.92. The minimum absolute atomic E-state index is 0.137. The van der Waals surface area contributed by atoms with Crippen molar-refractivity contribution in [3.63, 3.8) is 0 Å². The molecule has 2 N–H and O–H groups in total. The lowest BCUT2D eigenvalue weighted by atomic mass is 9.87. The highest BCUT2D eigenvalue weighted by Gasteiger charge is 2.16. The van der Waals surface area contributed by atoms with Crippen molar-refractivity contribution in [3.8, 4) is 0 Å². The smallest absolute Gasteiger partial charge is 0.0555 e. The molecule has 2 rings (SSSR count). The Morgan fingerprint density at radius 1 is 0.810 bits per heavy atom. The van der Waals surface area contributed by atoms with Crippen LogP contribution in [-0.2, 0) is 0 Å². The molecular formula is C19H24ClN. The average molecular weight is 302 g/mol. The van der Waals surface area contributed by atoms with Gasteiger partial charge in [0, 0.05) is 5.02 Å². The van der Waals surface area contributed by atoms with Crippen LogP contribution < -0.4 is 5.73 Å². The molecule has 0 saturated carbocycles. The molecule has 0 heterocycles. The minimum atomic E-state index is -0.137. The molecule has 2 aromatic rings. The fourth-order valence-electron chi connectivity index (χ4n) is 2.62. The molecule has 0 aliphatic rings. The van der Waals surface area contributed by atoms with Crippen LogP contribution in [0.3, 0.4) is 0 Å². The Morgan fingerprint density at radius 3 is 2.10 bits per heavy atom. The minimum Gasteiger partial charge on any atom is -0.320 e. The highest BCUT2D eigenvalue weighted by molar-refractivity contribution is 6.30. The molecule has 112 valence electrons. The highest BCUT2D eigenvalue weighted by atomic mass is 35.5. The lowest BCUT2D eigenvalue weighted by Gasteiger charge is -2.21. The van der Waals surface area contributed by atoms with Gasteiger partial charge in [-0.15, -0.1) is 0 Å². The summed E-state index contributed by atoms with van der Waals surface area (Å²) in [5.74, 6) is 0.975. The molecule has 0 radical (unpaired) electrons. The lowest BCUT2D eigenvalue weighted by molar-refractivity contribution is 0.781. The van der Waals surface area contributed by atoms with Gasteiger partial charge in [-0.25, -0.2) is 0 Å². The van der Waals surface area contributed by atoms with Gasteiger partial charge < -0.3 is 5.73 Å². The Morgan fingerprint density at radius 2 is 1.52 bits per heavy atom. The van der Waals surface area contributed by atoms with Gasteiger partial charge in [-0.1, -0.05) is 69.6 Å². The number of benzene rings is 2. The molecule has 0 spiro atoms. The maximum Gasteiger partial charge on any atom is 0.0555 e. The van der Waals surface area contributed by atoms with Crippen LogP contribution in [0, 0.1) is 0 Å². The summed E-state index contributed by atoms with van der Waals surface area (Å²) in [5.41, 5.74) is 11.4. The summed E-state index contributed by atoms with van der Waals surface area (Å²) in [6.45, 7) is 8.87. The maximum absolute atomic E-state index is 6.49. The molecule has 2 aromatic carbocycles. The zero-order valence-electron chi connectivity index (χ0n) is 13.2. The van der Waals surface area contributed by atoms with Crippen LogP contribution in [0.1, 0.15) is 67.8 Å². The molecule has 0 aliphatic heterocycles. The Kier molecular flexibility index (Phi) is 5.08. The van der Waals surface area contributed by atoms with Crippen molar-refractivity contribution in [2.75, 3.05) is 0 Å². The quantitative estimate of drug-likeness (QED) is 0.777. The fraction of sp³-hybridized carbons (Fsp3) is 0.368. The van der Waals surface area contributed by atoms with Crippen molar-refractivity contribution < 1.29 is 0 Å². The van der Waals surface area contributed by atoms with E-state index in [2.05, 4.69) is 45.9 Å². The van der Waals surface area contributed by atoms with Gasteiger partial charge in [0.05, 0.1) is 6.04 Å². The highest BCUT2D eigenvalue weighted by Crippen LogP contribution is 2.31. The van der Waals surface area contributed by atoms with Gasteiger partial charge in [0.2, 0.25) is 0 Å². The van der Waals surface area contributed by atoms with Gasteiger partial charge in [-0.2, -0.15) is 0 Å². The van der Waals surface area contributed by atoms with Crippen LogP contribution in [0.25, 0.3) is 0 Å². The first kappa shape index (κ1) is 16.1. The molecule has 0 aliphatic carbocycles. The number of rotatable bonds is 4. The van der Waals surface area contributed by atoms with Gasteiger partial charge in [-0.05, 0) is 46.2 Å². The van der Waals surface area contributed by atoms with Crippen molar-refractivity contribution >= 4 is 11.6 Å². The number of halogens is 1. The van der Waals surface area contributed by atoms with E-state index in [-0.39, 0.29) is 6.04 Å². The van der Waals surface area contributed by atoms with Gasteiger partial charge in [0.15, 0.2) is 0 Å². The predicted octanol–water partition coefficient (Wildman–Crippen LogP) is 5.63. The van der Waals surface area contributed by atoms with E-state index in [0.29, 0.717) is 11.8 Å². The maximum atomic E-state index is 6.49. The molecule has 0 aromatic heterocycles. The van der Waals surface area contributed by atoms with Crippen LogP contribution >= 0.6 is 11.6 Å². The number of nitrogens with two attached hydrogens (primary N) is 1. The van der Waals surface area contributed by atoms with Crippen LogP contribution in [0.2, 0.25) is 5.02 Å². The monoisotopic (exact) mass is 301 g/mol. The third-order valence-corrected chi connectivity index (χ3v) is 4.18. The Balaban J connectivity index is 2.47. The second-order valence-electron chi connectivity index (χ2n) is 6.23. The van der Waals surface area contributed by atoms with E-state index in [1.807, 2.05) is 24.3 Å². The molecular weight excluding hydrogens is 278 g/mol. The van der Waals surface area contributed by atoms with E-state index >= 15 is 0 Å². The zero-order valence-corrected chi connectivity index (χ0v) is 14.0. The summed E-state index contributed by atoms with van der Waals surface area (Å²) in [4.78, 5) is 0. The molecule has 2 heteroatoms. The lowest BCUT2D eigenvalue weighted by Crippen LogP contribution is -2.15. The van der Waals surface area contributed by atoms with Crippen LogP contribution in [0.5, 0.6) is 0 Å². The van der Waals surface area contributed by atoms with Crippen molar-refractivity contribution in [2.45, 2.75) is 45.6 Å². The summed E-state index contributed by atoms with van der Waals surface area (Å²) in [6, 6.07) is 14.4. The number of hydrogen-bond acceptors (Lipinski definition) is 1. The van der Waals surface area contributed by atoms with E-state index in [4.69, 9.17) is 17.3 Å². The van der Waals surface area contributed by atoms with E-state index in [0.717, 1.165) is 10.6 Å². The van der Waals surface area contributed by atoms with Crippen LogP contribution in [-0.4, -0.2) is 0 Å². The molecule has 0 saturated heterocycles. The predicted molar refractivity (Wildman–Crippen MR) is 92.1 cm³/mol. The third-order valence-electron chi connectivity index (χ3n) is 3.94. The standard InChI is InChI=1S/C19H24ClN/c1-12(2)14-8-9-17(18(11-14)13(3)4)19(21)15-6-5-7-16(20)10-15/h5-13,19H,21H2,1-4H3. The molecule has 21 heavy (non-hydrogen) atoms. The fourth-order valence-corrected chi connectivity index (χ4v) is 2.81. The molecule has 0 bridgehead atoms. The van der Waals surface area contributed by atoms with E-state index in [1.54, 1.807) is 0 Å². The summed E-state index contributed by atoms with van der Waals surface area (Å²) in [5, 5.41) is 0.729. The SMILES string of the molecule is CC(C)c1ccc(C(N)c2cccc(Cl)c2)c(C(C)C)c1. The molecule has 1 unspecified atom stereocenters. The topological polar surface area (TPSA) is 26.0 Å². The first-order valence-electron chi connectivity index (χ1n) is 7.55. The van der Waals surface area contributed by atoms with E-state index in [9.17, 15) is 0 Å². The van der Waals surface area contributed by atoms with E-state index < -0.39 is 0 Å². The normalized spacial score (nSPS) is 13.0. The molecule has 0 amide bonds. The number of hydrogen-bond donors (Lipinski definition) is 1. The van der Waals surface area contributed by atoms with Crippen molar-refractivity contribution in [1.29, 1.82) is 0 Å². The molecule has 1 atom stereocenters. The van der Waals surface area contributed by atoms with Gasteiger partial charge in [-0.3, -0.25) is 0 Å². The summed E-state index contributed by atoms with van der Waals surface area (Å²) in [7, 11) is 0. The van der Waals surface area contributed by atoms with Crippen molar-refractivity contribution in [2.24, 2.45) is 5.73 Å². The van der Waals surface area contributed by atoms with Gasteiger partial charge in [0.1, 0.15) is 0 Å². The molecule has 0 fully saturated rings. The second-order valence-corrected chi connectivity index (χ2v) is 6.67. The Bertz CT molecular complexity index is 617. The second kappa shape index (κ2) is 6.64. The Labute approximate surface area is 133 Å². The summed E-state index contributed by atoms with van der Waals surface area (Å²) in [6.07, 6.45) is 0. The molecule has 1 nitrogen and oxygen atoms in total. The van der Waals surface area contributed by atoms with Gasteiger partial charge in [0.25, 0.3) is 0 Å². The third kappa shape index (κ3) is 3.66. The summed E-state index contributed by atoms with van der Waals surface area (Å²) < 4.78 is 0. The van der Waals surface area contributed by atoms with Crippen LogP contribution in [0.15, 0.2) is 42.5 Å². The van der Waals surface area contributed by atoms with E-state index in [1.165, 1.54) is 16.7 Å². The largest absolute Gasteiger partial charge is 0.320 e. The van der Waals surface area contributed by atoms with Crippen molar-refractivity contribution in [3.05, 3.63) is 69.7 Å². The average Bonchev–Trinajstić information content (AvgIpc) is 2.45. The van der Waals surface area contributed by atoms with Gasteiger partial charge >= 0.3 is 0 Å². The summed E-state index contributed by atoms with van der Waals surface area (Å²) >= 11 is 6.09.